The van der Waals surface area contributed by atoms with Crippen LogP contribution in [-0.2, 0) is 14.8 Å². The molecule has 1 aliphatic heterocycles. The van der Waals surface area contributed by atoms with Crippen molar-refractivity contribution in [1.29, 1.82) is 0 Å². The van der Waals surface area contributed by atoms with E-state index in [1.165, 1.54) is 24.3 Å². The van der Waals surface area contributed by atoms with Crippen LogP contribution in [-0.4, -0.2) is 45.5 Å². The molecule has 0 aliphatic carbocycles. The smallest absolute Gasteiger partial charge is 0.263 e. The highest BCUT2D eigenvalue weighted by Gasteiger charge is 2.21. The third-order valence-electron chi connectivity index (χ3n) is 3.84. The summed E-state index contributed by atoms with van der Waals surface area (Å²) < 4.78 is 32.9. The fourth-order valence-electron chi connectivity index (χ4n) is 2.56. The molecule has 0 bridgehead atoms. The molecule has 1 N–H and O–H groups in total. The zero-order valence-corrected chi connectivity index (χ0v) is 15.9. The molecule has 0 saturated carbocycles. The zero-order chi connectivity index (χ0) is 18.7. The van der Waals surface area contributed by atoms with Gasteiger partial charge < -0.3 is 9.64 Å². The molecular weight excluding hydrogens is 399 g/mol. The second kappa shape index (κ2) is 7.84. The predicted octanol–water partition coefficient (Wildman–Crippen LogP) is 3.27. The number of carbonyl (C=O) groups excluding carboxylic acids is 1. The molecule has 0 radical (unpaired) electrons. The zero-order valence-electron chi connectivity index (χ0n) is 13.6. The van der Waals surface area contributed by atoms with Crippen LogP contribution in [0.25, 0.3) is 0 Å². The van der Waals surface area contributed by atoms with Crippen molar-refractivity contribution in [2.45, 2.75) is 4.90 Å². The molecule has 0 unspecified atom stereocenters. The van der Waals surface area contributed by atoms with Crippen LogP contribution < -0.4 is 4.72 Å². The summed E-state index contributed by atoms with van der Waals surface area (Å²) in [7, 11) is -3.95. The van der Waals surface area contributed by atoms with E-state index in [0.29, 0.717) is 31.9 Å². The van der Waals surface area contributed by atoms with Crippen LogP contribution in [0.2, 0.25) is 10.0 Å². The summed E-state index contributed by atoms with van der Waals surface area (Å²) in [4.78, 5) is 14.1. The molecule has 0 aromatic heterocycles. The van der Waals surface area contributed by atoms with Crippen molar-refractivity contribution < 1.29 is 17.9 Å². The highest BCUT2D eigenvalue weighted by Crippen LogP contribution is 2.27. The molecule has 2 aromatic rings. The van der Waals surface area contributed by atoms with Gasteiger partial charge in [0, 0.05) is 29.4 Å². The fraction of sp³-hybridized carbons (Fsp3) is 0.235. The number of hydrogen-bond acceptors (Lipinski definition) is 4. The Morgan fingerprint density at radius 2 is 1.81 bits per heavy atom. The number of benzene rings is 2. The van der Waals surface area contributed by atoms with Crippen LogP contribution in [0.3, 0.4) is 0 Å². The Morgan fingerprint density at radius 3 is 2.54 bits per heavy atom. The standard InChI is InChI=1S/C17H16Cl2N2O4S/c18-13-4-5-15(19)16(11-13)26(23,24)20-14-3-1-2-12(10-14)17(22)21-6-8-25-9-7-21/h1-5,10-11,20H,6-9H2. The van der Waals surface area contributed by atoms with Crippen molar-refractivity contribution in [3.8, 4) is 0 Å². The molecule has 1 fully saturated rings. The summed E-state index contributed by atoms with van der Waals surface area (Å²) in [5.41, 5.74) is 0.657. The van der Waals surface area contributed by atoms with E-state index in [9.17, 15) is 13.2 Å². The average molecular weight is 415 g/mol. The third-order valence-corrected chi connectivity index (χ3v) is 5.94. The number of anilines is 1. The molecule has 26 heavy (non-hydrogen) atoms. The maximum Gasteiger partial charge on any atom is 0.263 e. The Balaban J connectivity index is 1.84. The summed E-state index contributed by atoms with van der Waals surface area (Å²) in [6.45, 7) is 2.00. The van der Waals surface area contributed by atoms with Gasteiger partial charge >= 0.3 is 0 Å². The first-order chi connectivity index (χ1) is 12.4. The van der Waals surface area contributed by atoms with Gasteiger partial charge in [-0.2, -0.15) is 0 Å². The number of amides is 1. The number of rotatable bonds is 4. The monoisotopic (exact) mass is 414 g/mol. The second-order valence-corrected chi connectivity index (χ2v) is 8.16. The van der Waals surface area contributed by atoms with Gasteiger partial charge in [-0.15, -0.1) is 0 Å². The summed E-state index contributed by atoms with van der Waals surface area (Å²) >= 11 is 11.8. The third kappa shape index (κ3) is 4.29. The number of nitrogens with zero attached hydrogens (tertiary/aromatic N) is 1. The highest BCUT2D eigenvalue weighted by atomic mass is 35.5. The fourth-order valence-corrected chi connectivity index (χ4v) is 4.37. The van der Waals surface area contributed by atoms with Crippen LogP contribution >= 0.6 is 23.2 Å². The molecule has 2 aromatic carbocycles. The first-order valence-corrected chi connectivity index (χ1v) is 10.1. The van der Waals surface area contributed by atoms with Crippen LogP contribution in [0, 0.1) is 0 Å². The number of sulfonamides is 1. The Bertz CT molecular complexity index is 928. The number of carbonyl (C=O) groups is 1. The van der Waals surface area contributed by atoms with Gasteiger partial charge in [-0.25, -0.2) is 8.42 Å². The minimum atomic E-state index is -3.95. The molecular formula is C17H16Cl2N2O4S. The minimum absolute atomic E-state index is 0.0578. The SMILES string of the molecule is O=C(c1cccc(NS(=O)(=O)c2cc(Cl)ccc2Cl)c1)N1CCOCC1. The Hall–Kier alpha value is -1.80. The van der Waals surface area contributed by atoms with Gasteiger partial charge in [-0.1, -0.05) is 29.3 Å². The van der Waals surface area contributed by atoms with E-state index >= 15 is 0 Å². The number of halogens is 2. The van der Waals surface area contributed by atoms with Crippen molar-refractivity contribution in [2.75, 3.05) is 31.0 Å². The summed E-state index contributed by atoms with van der Waals surface area (Å²) in [5.74, 6) is -0.171. The first kappa shape index (κ1) is 19.0. The Morgan fingerprint density at radius 1 is 1.08 bits per heavy atom. The van der Waals surface area contributed by atoms with Crippen molar-refractivity contribution >= 4 is 44.8 Å². The molecule has 138 valence electrons. The molecule has 1 heterocycles. The molecule has 1 aliphatic rings. The Labute approximate surface area is 161 Å². The quantitative estimate of drug-likeness (QED) is 0.832. The molecule has 1 saturated heterocycles. The number of morpholine rings is 1. The lowest BCUT2D eigenvalue weighted by Crippen LogP contribution is -2.40. The van der Waals surface area contributed by atoms with Crippen molar-refractivity contribution in [1.82, 2.24) is 4.90 Å². The minimum Gasteiger partial charge on any atom is -0.378 e. The molecule has 0 spiro atoms. The van der Waals surface area contributed by atoms with Gasteiger partial charge in [0.05, 0.1) is 18.2 Å². The molecule has 6 nitrogen and oxygen atoms in total. The van der Waals surface area contributed by atoms with Gasteiger partial charge in [0.2, 0.25) is 0 Å². The number of nitrogens with one attached hydrogen (secondary N) is 1. The predicted molar refractivity (Wildman–Crippen MR) is 100 cm³/mol. The van der Waals surface area contributed by atoms with Crippen molar-refractivity contribution in [2.24, 2.45) is 0 Å². The van der Waals surface area contributed by atoms with E-state index in [4.69, 9.17) is 27.9 Å². The van der Waals surface area contributed by atoms with Gasteiger partial charge in [0.15, 0.2) is 0 Å². The maximum absolute atomic E-state index is 12.6. The van der Waals surface area contributed by atoms with Crippen LogP contribution in [0.1, 0.15) is 10.4 Å². The number of ether oxygens (including phenoxy) is 1. The molecule has 9 heteroatoms. The summed E-state index contributed by atoms with van der Waals surface area (Å²) in [5, 5.41) is 0.313. The normalized spacial score (nSPS) is 14.9. The summed E-state index contributed by atoms with van der Waals surface area (Å²) in [6, 6.07) is 10.5. The lowest BCUT2D eigenvalue weighted by Gasteiger charge is -2.27. The largest absolute Gasteiger partial charge is 0.378 e. The average Bonchev–Trinajstić information content (AvgIpc) is 2.63. The van der Waals surface area contributed by atoms with Gasteiger partial charge in [-0.3, -0.25) is 9.52 Å². The van der Waals surface area contributed by atoms with E-state index < -0.39 is 10.0 Å². The maximum atomic E-state index is 12.6. The van der Waals surface area contributed by atoms with E-state index in [-0.39, 0.29) is 26.5 Å². The highest BCUT2D eigenvalue weighted by molar-refractivity contribution is 7.92. The first-order valence-electron chi connectivity index (χ1n) is 7.82. The van der Waals surface area contributed by atoms with E-state index in [2.05, 4.69) is 4.72 Å². The Kier molecular flexibility index (Phi) is 5.72. The van der Waals surface area contributed by atoms with Crippen molar-refractivity contribution in [3.63, 3.8) is 0 Å². The molecule has 3 rings (SSSR count). The molecule has 0 atom stereocenters. The van der Waals surface area contributed by atoms with E-state index in [0.717, 1.165) is 0 Å². The van der Waals surface area contributed by atoms with E-state index in [1.807, 2.05) is 0 Å². The van der Waals surface area contributed by atoms with Crippen molar-refractivity contribution in [3.05, 3.63) is 58.1 Å². The lowest BCUT2D eigenvalue weighted by molar-refractivity contribution is 0.0303. The van der Waals surface area contributed by atoms with E-state index in [1.54, 1.807) is 23.1 Å². The lowest BCUT2D eigenvalue weighted by atomic mass is 10.1. The van der Waals surface area contributed by atoms with Gasteiger partial charge in [-0.05, 0) is 36.4 Å². The van der Waals surface area contributed by atoms with Gasteiger partial charge in [0.25, 0.3) is 15.9 Å². The summed E-state index contributed by atoms with van der Waals surface area (Å²) in [6.07, 6.45) is 0. The van der Waals surface area contributed by atoms with Crippen LogP contribution in [0.15, 0.2) is 47.4 Å². The van der Waals surface area contributed by atoms with Gasteiger partial charge in [0.1, 0.15) is 4.90 Å². The number of hydrogen-bond donors (Lipinski definition) is 1. The molecule has 1 amide bonds. The van der Waals surface area contributed by atoms with Crippen LogP contribution in [0.5, 0.6) is 0 Å². The van der Waals surface area contributed by atoms with Crippen LogP contribution in [0.4, 0.5) is 5.69 Å². The topological polar surface area (TPSA) is 75.7 Å². The second-order valence-electron chi connectivity index (χ2n) is 5.67.